The summed E-state index contributed by atoms with van der Waals surface area (Å²) in [5, 5.41) is 14.9. The topological polar surface area (TPSA) is 83.7 Å². The maximum absolute atomic E-state index is 13.0. The van der Waals surface area contributed by atoms with Crippen LogP contribution in [0.1, 0.15) is 48.5 Å². The van der Waals surface area contributed by atoms with Gasteiger partial charge in [0.25, 0.3) is 11.5 Å². The Labute approximate surface area is 173 Å². The second kappa shape index (κ2) is 9.82. The number of para-hydroxylation sites is 1. The SMILES string of the molecule is CCCCCCn1c(=O)c(C(=O)N/N=C/c2ccc(F)cc2)c(O)c2ccccc21. The molecule has 30 heavy (non-hydrogen) atoms. The molecular weight excluding hydrogens is 385 g/mol. The maximum atomic E-state index is 13.0. The average Bonchev–Trinajstić information content (AvgIpc) is 2.75. The van der Waals surface area contributed by atoms with Gasteiger partial charge in [0.1, 0.15) is 17.1 Å². The third-order valence-electron chi connectivity index (χ3n) is 4.86. The predicted molar refractivity (Wildman–Crippen MR) is 115 cm³/mol. The molecule has 0 saturated heterocycles. The van der Waals surface area contributed by atoms with Crippen molar-refractivity contribution in [3.63, 3.8) is 0 Å². The van der Waals surface area contributed by atoms with Crippen LogP contribution in [-0.2, 0) is 6.54 Å². The standard InChI is InChI=1S/C23H24FN3O3/c1-2-3-4-7-14-27-19-9-6-5-8-18(19)21(28)20(23(27)30)22(29)26-25-15-16-10-12-17(24)13-11-16/h5-6,8-13,15,28H,2-4,7,14H2,1H3,(H,26,29)/b25-15+. The van der Waals surface area contributed by atoms with Crippen LogP contribution in [0.5, 0.6) is 5.75 Å². The first-order valence-corrected chi connectivity index (χ1v) is 9.96. The highest BCUT2D eigenvalue weighted by molar-refractivity contribution is 6.02. The van der Waals surface area contributed by atoms with E-state index in [1.54, 1.807) is 24.3 Å². The van der Waals surface area contributed by atoms with E-state index in [0.717, 1.165) is 25.7 Å². The fraction of sp³-hybridized carbons (Fsp3) is 0.261. The number of pyridine rings is 1. The summed E-state index contributed by atoms with van der Waals surface area (Å²) in [6.07, 6.45) is 5.24. The molecule has 0 saturated carbocycles. The number of unbranched alkanes of at least 4 members (excludes halogenated alkanes) is 3. The Bertz CT molecular complexity index is 1120. The molecule has 7 heteroatoms. The predicted octanol–water partition coefficient (Wildman–Crippen LogP) is 4.19. The molecule has 1 heterocycles. The van der Waals surface area contributed by atoms with Crippen LogP contribution in [0.25, 0.3) is 10.9 Å². The molecule has 1 amide bonds. The van der Waals surface area contributed by atoms with Crippen LogP contribution >= 0.6 is 0 Å². The van der Waals surface area contributed by atoms with E-state index in [1.165, 1.54) is 35.0 Å². The molecule has 2 N–H and O–H groups in total. The van der Waals surface area contributed by atoms with E-state index < -0.39 is 11.5 Å². The first-order valence-electron chi connectivity index (χ1n) is 9.96. The zero-order chi connectivity index (χ0) is 21.5. The fourth-order valence-corrected chi connectivity index (χ4v) is 3.28. The summed E-state index contributed by atoms with van der Waals surface area (Å²) >= 11 is 0. The number of aromatic nitrogens is 1. The van der Waals surface area contributed by atoms with Crippen molar-refractivity contribution in [2.24, 2.45) is 5.10 Å². The van der Waals surface area contributed by atoms with Crippen molar-refractivity contribution in [3.8, 4) is 5.75 Å². The number of carbonyl (C=O) groups is 1. The van der Waals surface area contributed by atoms with Gasteiger partial charge in [-0.15, -0.1) is 0 Å². The van der Waals surface area contributed by atoms with Crippen LogP contribution in [-0.4, -0.2) is 21.8 Å². The van der Waals surface area contributed by atoms with Gasteiger partial charge >= 0.3 is 0 Å². The van der Waals surface area contributed by atoms with E-state index >= 15 is 0 Å². The molecule has 0 aliphatic rings. The summed E-state index contributed by atoms with van der Waals surface area (Å²) < 4.78 is 14.5. The maximum Gasteiger partial charge on any atom is 0.280 e. The van der Waals surface area contributed by atoms with Gasteiger partial charge < -0.3 is 9.67 Å². The molecule has 156 valence electrons. The molecule has 6 nitrogen and oxygen atoms in total. The summed E-state index contributed by atoms with van der Waals surface area (Å²) in [4.78, 5) is 25.7. The van der Waals surface area contributed by atoms with Gasteiger partial charge in [0.15, 0.2) is 0 Å². The lowest BCUT2D eigenvalue weighted by Crippen LogP contribution is -2.31. The van der Waals surface area contributed by atoms with Gasteiger partial charge in [0.2, 0.25) is 0 Å². The van der Waals surface area contributed by atoms with Crippen LogP contribution < -0.4 is 11.0 Å². The number of nitrogens with one attached hydrogen (secondary N) is 1. The molecule has 0 aliphatic heterocycles. The van der Waals surface area contributed by atoms with Crippen molar-refractivity contribution in [2.75, 3.05) is 0 Å². The number of aromatic hydroxyl groups is 1. The number of nitrogens with zero attached hydrogens (tertiary/aromatic N) is 2. The normalized spacial score (nSPS) is 11.3. The minimum Gasteiger partial charge on any atom is -0.506 e. The molecule has 1 aromatic heterocycles. The third-order valence-corrected chi connectivity index (χ3v) is 4.86. The number of benzene rings is 2. The molecule has 0 spiro atoms. The molecule has 0 fully saturated rings. The fourth-order valence-electron chi connectivity index (χ4n) is 3.28. The number of aryl methyl sites for hydroxylation is 1. The number of halogens is 1. The van der Waals surface area contributed by atoms with Gasteiger partial charge in [-0.2, -0.15) is 5.10 Å². The molecular formula is C23H24FN3O3. The van der Waals surface area contributed by atoms with Crippen LogP contribution in [0.2, 0.25) is 0 Å². The number of fused-ring (bicyclic) bond motifs is 1. The Morgan fingerprint density at radius 3 is 2.60 bits per heavy atom. The summed E-state index contributed by atoms with van der Waals surface area (Å²) in [7, 11) is 0. The van der Waals surface area contributed by atoms with Crippen LogP contribution in [0.3, 0.4) is 0 Å². The zero-order valence-corrected chi connectivity index (χ0v) is 16.8. The molecule has 3 aromatic rings. The van der Waals surface area contributed by atoms with Crippen LogP contribution in [0.15, 0.2) is 58.4 Å². The van der Waals surface area contributed by atoms with E-state index in [4.69, 9.17) is 0 Å². The van der Waals surface area contributed by atoms with Crippen molar-refractivity contribution in [1.82, 2.24) is 9.99 Å². The third kappa shape index (κ3) is 4.74. The highest BCUT2D eigenvalue weighted by atomic mass is 19.1. The van der Waals surface area contributed by atoms with Crippen LogP contribution in [0.4, 0.5) is 4.39 Å². The Hall–Kier alpha value is -3.48. The highest BCUT2D eigenvalue weighted by Gasteiger charge is 2.21. The number of hydrogen-bond acceptors (Lipinski definition) is 4. The first-order chi connectivity index (χ1) is 14.5. The van der Waals surface area contributed by atoms with E-state index in [2.05, 4.69) is 17.5 Å². The Morgan fingerprint density at radius 2 is 1.87 bits per heavy atom. The van der Waals surface area contributed by atoms with Crippen molar-refractivity contribution >= 4 is 23.0 Å². The van der Waals surface area contributed by atoms with Gasteiger partial charge in [0.05, 0.1) is 11.7 Å². The molecule has 3 rings (SSSR count). The summed E-state index contributed by atoms with van der Waals surface area (Å²) in [6.45, 7) is 2.57. The van der Waals surface area contributed by atoms with Gasteiger partial charge in [-0.25, -0.2) is 9.82 Å². The Kier molecular flexibility index (Phi) is 6.95. The molecule has 0 aliphatic carbocycles. The first kappa shape index (κ1) is 21.2. The molecule has 2 aromatic carbocycles. The number of hydrogen-bond donors (Lipinski definition) is 2. The van der Waals surface area contributed by atoms with Crippen molar-refractivity contribution in [1.29, 1.82) is 0 Å². The lowest BCUT2D eigenvalue weighted by atomic mass is 10.1. The molecule has 0 atom stereocenters. The summed E-state index contributed by atoms with van der Waals surface area (Å²) in [5.41, 5.74) is 2.53. The second-order valence-corrected chi connectivity index (χ2v) is 7.01. The minimum absolute atomic E-state index is 0.347. The quantitative estimate of drug-likeness (QED) is 0.332. The van der Waals surface area contributed by atoms with E-state index in [-0.39, 0.29) is 17.1 Å². The number of amides is 1. The monoisotopic (exact) mass is 409 g/mol. The van der Waals surface area contributed by atoms with Crippen molar-refractivity contribution < 1.29 is 14.3 Å². The summed E-state index contributed by atoms with van der Waals surface area (Å²) in [5.74, 6) is -1.55. The number of carbonyl (C=O) groups excluding carboxylic acids is 1. The zero-order valence-electron chi connectivity index (χ0n) is 16.8. The summed E-state index contributed by atoms with van der Waals surface area (Å²) in [6, 6.07) is 12.5. The Balaban J connectivity index is 1.91. The Morgan fingerprint density at radius 1 is 1.13 bits per heavy atom. The number of hydrazone groups is 1. The molecule has 0 radical (unpaired) electrons. The van der Waals surface area contributed by atoms with Crippen molar-refractivity contribution in [2.45, 2.75) is 39.2 Å². The molecule has 0 bridgehead atoms. The number of rotatable bonds is 8. The minimum atomic E-state index is -0.802. The van der Waals surface area contributed by atoms with E-state index in [0.29, 0.717) is 23.0 Å². The van der Waals surface area contributed by atoms with Gasteiger partial charge in [0, 0.05) is 11.9 Å². The van der Waals surface area contributed by atoms with Gasteiger partial charge in [-0.3, -0.25) is 9.59 Å². The van der Waals surface area contributed by atoms with Crippen molar-refractivity contribution in [3.05, 3.63) is 75.8 Å². The lowest BCUT2D eigenvalue weighted by Gasteiger charge is -2.14. The van der Waals surface area contributed by atoms with E-state index in [9.17, 15) is 19.1 Å². The second-order valence-electron chi connectivity index (χ2n) is 7.01. The van der Waals surface area contributed by atoms with E-state index in [1.807, 2.05) is 0 Å². The average molecular weight is 409 g/mol. The van der Waals surface area contributed by atoms with Crippen LogP contribution in [0, 0.1) is 5.82 Å². The lowest BCUT2D eigenvalue weighted by molar-refractivity contribution is 0.0950. The smallest absolute Gasteiger partial charge is 0.280 e. The largest absolute Gasteiger partial charge is 0.506 e. The van der Waals surface area contributed by atoms with Gasteiger partial charge in [-0.05, 0) is 36.2 Å². The highest BCUT2D eigenvalue weighted by Crippen LogP contribution is 2.26. The van der Waals surface area contributed by atoms with Gasteiger partial charge in [-0.1, -0.05) is 50.5 Å². The molecule has 0 unspecified atom stereocenters.